The fourth-order valence-electron chi connectivity index (χ4n) is 3.96. The third-order valence-electron chi connectivity index (χ3n) is 4.95. The number of aliphatic hydroxyl groups is 1. The van der Waals surface area contributed by atoms with Gasteiger partial charge in [-0.05, 0) is 54.8 Å². The maximum Gasteiger partial charge on any atom is 0.0909 e. The molecule has 4 N–H and O–H groups in total. The number of aromatic amines is 1. The summed E-state index contributed by atoms with van der Waals surface area (Å²) >= 11 is 6.15. The molecule has 0 bridgehead atoms. The van der Waals surface area contributed by atoms with Gasteiger partial charge in [0.15, 0.2) is 0 Å². The largest absolute Gasteiger partial charge is 0.385 e. The SMILES string of the molecule is NCC1C2CC(O)(c3cc(Cl)cc4[nH]ncc34)CC12. The van der Waals surface area contributed by atoms with Gasteiger partial charge in [0.1, 0.15) is 0 Å². The van der Waals surface area contributed by atoms with E-state index in [0.29, 0.717) is 22.8 Å². The first-order chi connectivity index (χ1) is 9.12. The van der Waals surface area contributed by atoms with E-state index in [0.717, 1.165) is 35.9 Å². The second kappa shape index (κ2) is 3.72. The topological polar surface area (TPSA) is 74.9 Å². The number of nitrogens with one attached hydrogen (secondary N) is 1. The van der Waals surface area contributed by atoms with Crippen molar-refractivity contribution in [1.29, 1.82) is 0 Å². The maximum absolute atomic E-state index is 11.0. The summed E-state index contributed by atoms with van der Waals surface area (Å²) in [6, 6.07) is 3.72. The van der Waals surface area contributed by atoms with E-state index >= 15 is 0 Å². The van der Waals surface area contributed by atoms with Crippen molar-refractivity contribution in [3.63, 3.8) is 0 Å². The van der Waals surface area contributed by atoms with Crippen LogP contribution in [-0.2, 0) is 5.60 Å². The van der Waals surface area contributed by atoms with Crippen LogP contribution in [0.3, 0.4) is 0 Å². The van der Waals surface area contributed by atoms with Gasteiger partial charge in [-0.15, -0.1) is 0 Å². The van der Waals surface area contributed by atoms with Crippen molar-refractivity contribution in [2.75, 3.05) is 6.54 Å². The molecule has 1 aromatic heterocycles. The number of hydrogen-bond acceptors (Lipinski definition) is 3. The number of nitrogens with zero attached hydrogens (tertiary/aromatic N) is 1. The number of fused-ring (bicyclic) bond motifs is 2. The smallest absolute Gasteiger partial charge is 0.0909 e. The Kier molecular flexibility index (Phi) is 2.29. The molecule has 19 heavy (non-hydrogen) atoms. The van der Waals surface area contributed by atoms with E-state index in [1.807, 2.05) is 12.1 Å². The molecular formula is C14H16ClN3O. The summed E-state index contributed by atoms with van der Waals surface area (Å²) in [5.41, 5.74) is 6.75. The summed E-state index contributed by atoms with van der Waals surface area (Å²) in [7, 11) is 0. The molecule has 0 aliphatic heterocycles. The minimum absolute atomic E-state index is 0.580. The Morgan fingerprint density at radius 3 is 2.84 bits per heavy atom. The highest BCUT2D eigenvalue weighted by Gasteiger charge is 2.60. The lowest BCUT2D eigenvalue weighted by atomic mass is 9.85. The lowest BCUT2D eigenvalue weighted by Gasteiger charge is -2.27. The van der Waals surface area contributed by atoms with Crippen LogP contribution in [0.15, 0.2) is 18.3 Å². The first kappa shape index (κ1) is 11.7. The van der Waals surface area contributed by atoms with Crippen molar-refractivity contribution in [3.05, 3.63) is 28.9 Å². The van der Waals surface area contributed by atoms with Crippen molar-refractivity contribution >= 4 is 22.5 Å². The van der Waals surface area contributed by atoms with Crippen LogP contribution >= 0.6 is 11.6 Å². The first-order valence-corrected chi connectivity index (χ1v) is 7.06. The van der Waals surface area contributed by atoms with Crippen LogP contribution in [0.5, 0.6) is 0 Å². The Morgan fingerprint density at radius 1 is 1.42 bits per heavy atom. The molecule has 1 heterocycles. The highest BCUT2D eigenvalue weighted by molar-refractivity contribution is 6.31. The molecule has 0 saturated heterocycles. The molecule has 0 spiro atoms. The van der Waals surface area contributed by atoms with Crippen molar-refractivity contribution in [2.45, 2.75) is 18.4 Å². The molecule has 2 unspecified atom stereocenters. The molecule has 2 fully saturated rings. The fraction of sp³-hybridized carbons (Fsp3) is 0.500. The molecule has 2 saturated carbocycles. The molecule has 1 aromatic carbocycles. The van der Waals surface area contributed by atoms with E-state index in [4.69, 9.17) is 17.3 Å². The van der Waals surface area contributed by atoms with Gasteiger partial charge in [-0.2, -0.15) is 5.10 Å². The molecular weight excluding hydrogens is 262 g/mol. The Hall–Kier alpha value is -1.10. The molecule has 4 nitrogen and oxygen atoms in total. The molecule has 4 rings (SSSR count). The zero-order valence-corrected chi connectivity index (χ0v) is 11.2. The number of benzene rings is 1. The predicted octanol–water partition coefficient (Wildman–Crippen LogP) is 2.02. The third-order valence-corrected chi connectivity index (χ3v) is 5.17. The predicted molar refractivity (Wildman–Crippen MR) is 73.8 cm³/mol. The number of nitrogens with two attached hydrogens (primary N) is 1. The molecule has 0 amide bonds. The van der Waals surface area contributed by atoms with Crippen LogP contribution in [0.2, 0.25) is 5.02 Å². The van der Waals surface area contributed by atoms with Gasteiger partial charge >= 0.3 is 0 Å². The van der Waals surface area contributed by atoms with Crippen LogP contribution in [0.1, 0.15) is 18.4 Å². The van der Waals surface area contributed by atoms with Crippen molar-refractivity contribution in [1.82, 2.24) is 10.2 Å². The molecule has 2 aromatic rings. The Bertz CT molecular complexity index is 641. The summed E-state index contributed by atoms with van der Waals surface area (Å²) in [4.78, 5) is 0. The van der Waals surface area contributed by atoms with Gasteiger partial charge < -0.3 is 10.8 Å². The number of halogens is 1. The van der Waals surface area contributed by atoms with Gasteiger partial charge in [0.2, 0.25) is 0 Å². The molecule has 2 aliphatic carbocycles. The summed E-state index contributed by atoms with van der Waals surface area (Å²) in [6.07, 6.45) is 3.35. The number of rotatable bonds is 2. The highest BCUT2D eigenvalue weighted by Crippen LogP contribution is 2.63. The van der Waals surface area contributed by atoms with E-state index in [9.17, 15) is 5.11 Å². The average molecular weight is 278 g/mol. The van der Waals surface area contributed by atoms with Crippen LogP contribution in [0, 0.1) is 17.8 Å². The van der Waals surface area contributed by atoms with Gasteiger partial charge in [0, 0.05) is 10.4 Å². The highest BCUT2D eigenvalue weighted by atomic mass is 35.5. The van der Waals surface area contributed by atoms with E-state index in [2.05, 4.69) is 10.2 Å². The lowest BCUT2D eigenvalue weighted by Crippen LogP contribution is -2.26. The fourth-order valence-corrected chi connectivity index (χ4v) is 4.18. The first-order valence-electron chi connectivity index (χ1n) is 6.68. The molecule has 2 aliphatic rings. The van der Waals surface area contributed by atoms with Crippen LogP contribution in [0.25, 0.3) is 10.9 Å². The number of hydrogen-bond donors (Lipinski definition) is 3. The zero-order valence-electron chi connectivity index (χ0n) is 10.4. The van der Waals surface area contributed by atoms with E-state index in [1.54, 1.807) is 6.20 Å². The Labute approximate surface area is 115 Å². The maximum atomic E-state index is 11.0. The lowest BCUT2D eigenvalue weighted by molar-refractivity contribution is 0.0279. The molecule has 5 heteroatoms. The minimum atomic E-state index is -0.770. The van der Waals surface area contributed by atoms with Gasteiger partial charge in [-0.1, -0.05) is 11.6 Å². The van der Waals surface area contributed by atoms with Gasteiger partial charge in [0.05, 0.1) is 17.3 Å². The molecule has 2 atom stereocenters. The van der Waals surface area contributed by atoms with Crippen LogP contribution in [0.4, 0.5) is 0 Å². The Balaban J connectivity index is 1.77. The van der Waals surface area contributed by atoms with Crippen molar-refractivity contribution in [2.24, 2.45) is 23.5 Å². The van der Waals surface area contributed by atoms with Gasteiger partial charge in [-0.25, -0.2) is 0 Å². The summed E-state index contributed by atoms with van der Waals surface area (Å²) in [5.74, 6) is 1.77. The summed E-state index contributed by atoms with van der Waals surface area (Å²) in [6.45, 7) is 0.738. The monoisotopic (exact) mass is 277 g/mol. The number of H-pyrrole nitrogens is 1. The third kappa shape index (κ3) is 1.57. The second-order valence-corrected chi connectivity index (χ2v) is 6.39. The standard InChI is InChI=1S/C14H16ClN3O/c15-7-1-12(11-6-17-18-13(11)2-7)14(19)3-8-9(4-14)10(8)5-16/h1-2,6,8-10,19H,3-5,16H2,(H,17,18). The second-order valence-electron chi connectivity index (χ2n) is 5.95. The minimum Gasteiger partial charge on any atom is -0.385 e. The molecule has 0 radical (unpaired) electrons. The van der Waals surface area contributed by atoms with E-state index < -0.39 is 5.60 Å². The van der Waals surface area contributed by atoms with E-state index in [-0.39, 0.29) is 0 Å². The zero-order chi connectivity index (χ0) is 13.2. The van der Waals surface area contributed by atoms with Crippen molar-refractivity contribution < 1.29 is 5.11 Å². The summed E-state index contributed by atoms with van der Waals surface area (Å²) in [5, 5.41) is 19.6. The summed E-state index contributed by atoms with van der Waals surface area (Å²) < 4.78 is 0. The number of aromatic nitrogens is 2. The quantitative estimate of drug-likeness (QED) is 0.786. The van der Waals surface area contributed by atoms with Gasteiger partial charge in [-0.3, -0.25) is 5.10 Å². The van der Waals surface area contributed by atoms with Gasteiger partial charge in [0.25, 0.3) is 0 Å². The van der Waals surface area contributed by atoms with Crippen LogP contribution in [-0.4, -0.2) is 21.8 Å². The van der Waals surface area contributed by atoms with E-state index in [1.165, 1.54) is 0 Å². The Morgan fingerprint density at radius 2 is 2.16 bits per heavy atom. The normalized spacial score (nSPS) is 36.7. The average Bonchev–Trinajstić information content (AvgIpc) is 2.78. The van der Waals surface area contributed by atoms with Crippen LogP contribution < -0.4 is 5.73 Å². The van der Waals surface area contributed by atoms with Crippen molar-refractivity contribution in [3.8, 4) is 0 Å². The molecule has 100 valence electrons.